The van der Waals surface area contributed by atoms with Gasteiger partial charge in [-0.05, 0) is 67.4 Å². The van der Waals surface area contributed by atoms with E-state index < -0.39 is 0 Å². The molecule has 0 aliphatic rings. The molecule has 2 rings (SSSR count). The lowest BCUT2D eigenvalue weighted by Crippen LogP contribution is -2.18. The molecule has 0 aliphatic carbocycles. The summed E-state index contributed by atoms with van der Waals surface area (Å²) in [6.45, 7) is 30.9. The highest BCUT2D eigenvalue weighted by molar-refractivity contribution is 7.98. The maximum absolute atomic E-state index is 11.4. The lowest BCUT2D eigenvalue weighted by atomic mass is 9.78. The molecule has 2 aromatic carbocycles. The molecule has 0 saturated heterocycles. The molecule has 1 atom stereocenters. The first-order chi connectivity index (χ1) is 18.5. The van der Waals surface area contributed by atoms with Crippen LogP contribution in [-0.4, -0.2) is 10.2 Å². The van der Waals surface area contributed by atoms with E-state index in [-0.39, 0.29) is 21.7 Å². The smallest absolute Gasteiger partial charge is 0.123 e. The largest absolute Gasteiger partial charge is 0.507 e. The topological polar surface area (TPSA) is 40.5 Å². The molecule has 2 nitrogen and oxygen atoms in total. The number of phenols is 2. The highest BCUT2D eigenvalue weighted by Crippen LogP contribution is 2.46. The summed E-state index contributed by atoms with van der Waals surface area (Å²) in [4.78, 5) is 0. The van der Waals surface area contributed by atoms with Crippen molar-refractivity contribution in [1.29, 1.82) is 0 Å². The zero-order valence-corrected chi connectivity index (χ0v) is 29.8. The molecule has 0 bridgehead atoms. The van der Waals surface area contributed by atoms with Gasteiger partial charge in [-0.2, -0.15) is 0 Å². The van der Waals surface area contributed by atoms with Crippen LogP contribution in [0.5, 0.6) is 11.5 Å². The summed E-state index contributed by atoms with van der Waals surface area (Å²) in [5.41, 5.74) is 6.18. The lowest BCUT2D eigenvalue weighted by molar-refractivity contribution is 0.422. The predicted octanol–water partition coefficient (Wildman–Crippen LogP) is 11.9. The molecule has 41 heavy (non-hydrogen) atoms. The summed E-state index contributed by atoms with van der Waals surface area (Å²) in [7, 11) is 0. The Kier molecular flexibility index (Phi) is 11.6. The third-order valence-electron chi connectivity index (χ3n) is 8.10. The minimum atomic E-state index is -0.146. The Hall–Kier alpha value is -1.61. The molecule has 3 heteroatoms. The Labute approximate surface area is 258 Å². The number of hydrogen-bond acceptors (Lipinski definition) is 3. The van der Waals surface area contributed by atoms with Crippen molar-refractivity contribution in [3.05, 3.63) is 57.6 Å². The van der Waals surface area contributed by atoms with Crippen molar-refractivity contribution in [2.75, 3.05) is 0 Å². The van der Waals surface area contributed by atoms with Crippen LogP contribution in [0.3, 0.4) is 0 Å². The molecule has 0 radical (unpaired) electrons. The minimum Gasteiger partial charge on any atom is -0.507 e. The van der Waals surface area contributed by atoms with Crippen LogP contribution in [0, 0.1) is 5.92 Å². The summed E-state index contributed by atoms with van der Waals surface area (Å²) in [6, 6.07) is 9.03. The van der Waals surface area contributed by atoms with Gasteiger partial charge in [-0.1, -0.05) is 147 Å². The molecular formula is C38H62O2S. The molecule has 232 valence electrons. The Morgan fingerprint density at radius 1 is 0.561 bits per heavy atom. The van der Waals surface area contributed by atoms with E-state index in [1.54, 1.807) is 0 Å². The predicted molar refractivity (Wildman–Crippen MR) is 183 cm³/mol. The van der Waals surface area contributed by atoms with E-state index in [0.29, 0.717) is 16.7 Å². The second kappa shape index (κ2) is 13.4. The van der Waals surface area contributed by atoms with Gasteiger partial charge in [0, 0.05) is 11.0 Å². The molecule has 0 heterocycles. The van der Waals surface area contributed by atoms with Gasteiger partial charge in [-0.25, -0.2) is 0 Å². The van der Waals surface area contributed by atoms with E-state index in [0.717, 1.165) is 40.3 Å². The first kappa shape index (κ1) is 35.6. The first-order valence-corrected chi connectivity index (χ1v) is 16.9. The standard InChI is InChI=1S/C38H62O2S/c1-25(2)18-16-15-17-19-32(27-22-30(37(9,10)11)34(40)31(23-27)38(12,13)14)41-24-26-20-28(35(3,4)5)33(39)29(21-26)36(6,7)8/h20-23,25,32,39-40H,15-19,24H2,1-14H3. The summed E-state index contributed by atoms with van der Waals surface area (Å²) >= 11 is 2.02. The van der Waals surface area contributed by atoms with Crippen molar-refractivity contribution in [2.24, 2.45) is 5.92 Å². The average molecular weight is 583 g/mol. The lowest BCUT2D eigenvalue weighted by Gasteiger charge is -2.30. The van der Waals surface area contributed by atoms with Gasteiger partial charge < -0.3 is 10.2 Å². The third-order valence-corrected chi connectivity index (χ3v) is 9.51. The van der Waals surface area contributed by atoms with Gasteiger partial charge in [0.1, 0.15) is 11.5 Å². The van der Waals surface area contributed by atoms with Crippen LogP contribution in [0.2, 0.25) is 0 Å². The Bertz CT molecular complexity index is 1080. The van der Waals surface area contributed by atoms with E-state index in [9.17, 15) is 10.2 Å². The fourth-order valence-electron chi connectivity index (χ4n) is 5.51. The number of rotatable bonds is 10. The Morgan fingerprint density at radius 2 is 0.927 bits per heavy atom. The van der Waals surface area contributed by atoms with Gasteiger partial charge in [-0.3, -0.25) is 0 Å². The van der Waals surface area contributed by atoms with Crippen LogP contribution in [-0.2, 0) is 27.4 Å². The first-order valence-electron chi connectivity index (χ1n) is 15.9. The maximum Gasteiger partial charge on any atom is 0.123 e. The van der Waals surface area contributed by atoms with Crippen molar-refractivity contribution < 1.29 is 10.2 Å². The molecule has 0 aromatic heterocycles. The number of hydrogen-bond donors (Lipinski definition) is 2. The highest BCUT2D eigenvalue weighted by atomic mass is 32.2. The van der Waals surface area contributed by atoms with Crippen molar-refractivity contribution in [2.45, 2.75) is 162 Å². The summed E-state index contributed by atoms with van der Waals surface area (Å²) in [5, 5.41) is 23.0. The number of aromatic hydroxyl groups is 2. The molecule has 0 fully saturated rings. The second-order valence-electron chi connectivity index (χ2n) is 16.8. The van der Waals surface area contributed by atoms with Crippen molar-refractivity contribution >= 4 is 11.8 Å². The van der Waals surface area contributed by atoms with Crippen molar-refractivity contribution in [1.82, 2.24) is 0 Å². The van der Waals surface area contributed by atoms with E-state index in [1.807, 2.05) is 11.8 Å². The molecule has 0 amide bonds. The van der Waals surface area contributed by atoms with Gasteiger partial charge in [0.25, 0.3) is 0 Å². The summed E-state index contributed by atoms with van der Waals surface area (Å²) < 4.78 is 0. The zero-order chi connectivity index (χ0) is 31.6. The van der Waals surface area contributed by atoms with Crippen LogP contribution in [0.15, 0.2) is 24.3 Å². The second-order valence-corrected chi connectivity index (χ2v) is 18.0. The van der Waals surface area contributed by atoms with E-state index >= 15 is 0 Å². The Morgan fingerprint density at radius 3 is 1.29 bits per heavy atom. The normalized spacial score (nSPS) is 14.1. The fourth-order valence-corrected chi connectivity index (χ4v) is 6.73. The summed E-state index contributed by atoms with van der Waals surface area (Å²) in [5.74, 6) is 2.55. The monoisotopic (exact) mass is 582 g/mol. The molecule has 0 aliphatic heterocycles. The number of phenolic OH excluding ortho intramolecular Hbond substituents is 2. The van der Waals surface area contributed by atoms with Gasteiger partial charge >= 0.3 is 0 Å². The molecule has 0 spiro atoms. The van der Waals surface area contributed by atoms with Crippen LogP contribution in [0.4, 0.5) is 0 Å². The van der Waals surface area contributed by atoms with Gasteiger partial charge in [0.15, 0.2) is 0 Å². The average Bonchev–Trinajstić information content (AvgIpc) is 2.78. The molecular weight excluding hydrogens is 520 g/mol. The molecule has 1 unspecified atom stereocenters. The quantitative estimate of drug-likeness (QED) is 0.274. The van der Waals surface area contributed by atoms with Gasteiger partial charge in [0.2, 0.25) is 0 Å². The Balaban J connectivity index is 2.56. The minimum absolute atomic E-state index is 0.138. The SMILES string of the molecule is CC(C)CCCCCC(SCc1cc(C(C)(C)C)c(O)c(C(C)(C)C)c1)c1cc(C(C)(C)C)c(O)c(C(C)(C)C)c1. The van der Waals surface area contributed by atoms with Gasteiger partial charge in [-0.15, -0.1) is 11.8 Å². The van der Waals surface area contributed by atoms with E-state index in [1.165, 1.54) is 36.8 Å². The zero-order valence-electron chi connectivity index (χ0n) is 29.0. The fraction of sp³-hybridized carbons (Fsp3) is 0.684. The van der Waals surface area contributed by atoms with Crippen LogP contribution in [0.1, 0.15) is 168 Å². The molecule has 2 N–H and O–H groups in total. The molecule has 2 aromatic rings. The third kappa shape index (κ3) is 9.97. The number of unbranched alkanes of at least 4 members (excludes halogenated alkanes) is 2. The number of thioether (sulfide) groups is 1. The van der Waals surface area contributed by atoms with Gasteiger partial charge in [0.05, 0.1) is 0 Å². The van der Waals surface area contributed by atoms with Crippen LogP contribution >= 0.6 is 11.8 Å². The highest BCUT2D eigenvalue weighted by Gasteiger charge is 2.29. The van der Waals surface area contributed by atoms with E-state index in [4.69, 9.17) is 0 Å². The molecule has 0 saturated carbocycles. The van der Waals surface area contributed by atoms with Crippen molar-refractivity contribution in [3.8, 4) is 11.5 Å². The van der Waals surface area contributed by atoms with Crippen LogP contribution < -0.4 is 0 Å². The van der Waals surface area contributed by atoms with E-state index in [2.05, 4.69) is 121 Å². The van der Waals surface area contributed by atoms with Crippen LogP contribution in [0.25, 0.3) is 0 Å². The summed E-state index contributed by atoms with van der Waals surface area (Å²) in [6.07, 6.45) is 6.16. The van der Waals surface area contributed by atoms with Crippen molar-refractivity contribution in [3.63, 3.8) is 0 Å². The number of benzene rings is 2. The maximum atomic E-state index is 11.4.